The molecule has 12 heteroatoms. The molecule has 0 fully saturated rings. The lowest BCUT2D eigenvalue weighted by atomic mass is 10.1. The number of rotatable bonds is 5. The van der Waals surface area contributed by atoms with Crippen LogP contribution in [-0.4, -0.2) is 46.7 Å². The molecule has 1 unspecified atom stereocenters. The molecule has 3 aromatic heterocycles. The molecule has 180 valence electrons. The molecule has 0 radical (unpaired) electrons. The van der Waals surface area contributed by atoms with Crippen LogP contribution in [0.15, 0.2) is 55.0 Å². The van der Waals surface area contributed by atoms with Gasteiger partial charge in [-0.2, -0.15) is 18.3 Å². The van der Waals surface area contributed by atoms with E-state index in [0.717, 1.165) is 17.5 Å². The Morgan fingerprint density at radius 1 is 1.11 bits per heavy atom. The number of hydrogen-bond donors (Lipinski definition) is 2. The first-order chi connectivity index (χ1) is 16.7. The van der Waals surface area contributed by atoms with Gasteiger partial charge in [-0.1, -0.05) is 0 Å². The molecular formula is C23H20F3N7O2. The van der Waals surface area contributed by atoms with Crippen molar-refractivity contribution in [2.45, 2.75) is 12.2 Å². The summed E-state index contributed by atoms with van der Waals surface area (Å²) < 4.78 is 44.1. The average molecular weight is 483 g/mol. The lowest BCUT2D eigenvalue weighted by molar-refractivity contribution is -0.137. The summed E-state index contributed by atoms with van der Waals surface area (Å²) >= 11 is 0. The van der Waals surface area contributed by atoms with E-state index < -0.39 is 23.7 Å². The molecule has 0 spiro atoms. The predicted molar refractivity (Wildman–Crippen MR) is 121 cm³/mol. The van der Waals surface area contributed by atoms with Crippen LogP contribution in [0.5, 0.6) is 0 Å². The van der Waals surface area contributed by atoms with Gasteiger partial charge in [0.1, 0.15) is 12.4 Å². The van der Waals surface area contributed by atoms with Crippen LogP contribution < -0.4 is 5.32 Å². The first kappa shape index (κ1) is 22.6. The fourth-order valence-electron chi connectivity index (χ4n) is 4.14. The Balaban J connectivity index is 1.56. The fraction of sp³-hybridized carbons (Fsp3) is 0.217. The van der Waals surface area contributed by atoms with Crippen LogP contribution in [0.2, 0.25) is 0 Å². The third-order valence-electron chi connectivity index (χ3n) is 5.81. The summed E-state index contributed by atoms with van der Waals surface area (Å²) in [5.41, 5.74) is 1.35. The molecular weight excluding hydrogens is 463 g/mol. The van der Waals surface area contributed by atoms with Gasteiger partial charge in [0.2, 0.25) is 0 Å². The third-order valence-corrected chi connectivity index (χ3v) is 5.81. The zero-order valence-corrected chi connectivity index (χ0v) is 18.7. The highest BCUT2D eigenvalue weighted by Crippen LogP contribution is 2.34. The third kappa shape index (κ3) is 3.91. The standard InChI is InChI=1S/C23H20F3N7O2/c1-31-12-27-29-21(31)18(11-34)28-22(35)13-3-8-19-16(9-13)17-10-32(2)30-20(17)33(19)15-6-4-14(5-7-15)23(24,25)26/h3-10,12,18,34H,11H2,1-2H3,(H,28,35). The summed E-state index contributed by atoms with van der Waals surface area (Å²) in [7, 11) is 3.45. The average Bonchev–Trinajstić information content (AvgIpc) is 3.49. The van der Waals surface area contributed by atoms with Crippen LogP contribution in [-0.2, 0) is 20.3 Å². The highest BCUT2D eigenvalue weighted by molar-refractivity contribution is 6.10. The Kier molecular flexibility index (Phi) is 5.32. The molecule has 0 bridgehead atoms. The van der Waals surface area contributed by atoms with E-state index in [1.807, 2.05) is 0 Å². The molecule has 2 aromatic carbocycles. The Morgan fingerprint density at radius 2 is 1.86 bits per heavy atom. The van der Waals surface area contributed by atoms with Crippen LogP contribution in [0.1, 0.15) is 27.8 Å². The van der Waals surface area contributed by atoms with Crippen molar-refractivity contribution in [3.8, 4) is 5.69 Å². The van der Waals surface area contributed by atoms with E-state index in [1.54, 1.807) is 52.3 Å². The van der Waals surface area contributed by atoms with Crippen molar-refractivity contribution in [1.29, 1.82) is 0 Å². The number of aromatic nitrogens is 6. The van der Waals surface area contributed by atoms with Gasteiger partial charge in [0, 0.05) is 42.3 Å². The van der Waals surface area contributed by atoms with Crippen molar-refractivity contribution in [1.82, 2.24) is 34.4 Å². The van der Waals surface area contributed by atoms with Crippen molar-refractivity contribution >= 4 is 27.8 Å². The van der Waals surface area contributed by atoms with Crippen molar-refractivity contribution < 1.29 is 23.1 Å². The second kappa shape index (κ2) is 8.24. The molecule has 35 heavy (non-hydrogen) atoms. The van der Waals surface area contributed by atoms with Crippen molar-refractivity contribution in [2.24, 2.45) is 14.1 Å². The lowest BCUT2D eigenvalue weighted by Gasteiger charge is -2.15. The molecule has 0 saturated heterocycles. The Bertz CT molecular complexity index is 1550. The molecule has 0 saturated carbocycles. The van der Waals surface area contributed by atoms with E-state index >= 15 is 0 Å². The zero-order valence-electron chi connectivity index (χ0n) is 18.7. The maximum Gasteiger partial charge on any atom is 0.416 e. The number of carbonyl (C=O) groups is 1. The molecule has 0 aliphatic rings. The highest BCUT2D eigenvalue weighted by Gasteiger charge is 2.30. The minimum Gasteiger partial charge on any atom is -0.394 e. The number of amides is 1. The van der Waals surface area contributed by atoms with Gasteiger partial charge in [-0.3, -0.25) is 14.0 Å². The Morgan fingerprint density at radius 3 is 2.49 bits per heavy atom. The van der Waals surface area contributed by atoms with Crippen molar-refractivity contribution in [2.75, 3.05) is 6.61 Å². The summed E-state index contributed by atoms with van der Waals surface area (Å²) in [5, 5.41) is 26.2. The van der Waals surface area contributed by atoms with E-state index in [9.17, 15) is 23.1 Å². The van der Waals surface area contributed by atoms with Crippen LogP contribution in [0.4, 0.5) is 13.2 Å². The summed E-state index contributed by atoms with van der Waals surface area (Å²) in [6.07, 6.45) is -1.17. The minimum atomic E-state index is -4.43. The number of alkyl halides is 3. The Hall–Kier alpha value is -4.19. The molecule has 5 aromatic rings. The van der Waals surface area contributed by atoms with Gasteiger partial charge in [-0.15, -0.1) is 10.2 Å². The molecule has 9 nitrogen and oxygen atoms in total. The number of aliphatic hydroxyl groups is 1. The first-order valence-corrected chi connectivity index (χ1v) is 10.6. The summed E-state index contributed by atoms with van der Waals surface area (Å²) in [6, 6.07) is 9.12. The first-order valence-electron chi connectivity index (χ1n) is 10.6. The van der Waals surface area contributed by atoms with E-state index in [-0.39, 0.29) is 6.61 Å². The highest BCUT2D eigenvalue weighted by atomic mass is 19.4. The summed E-state index contributed by atoms with van der Waals surface area (Å²) in [4.78, 5) is 13.0. The maximum absolute atomic E-state index is 13.0. The number of aryl methyl sites for hydroxylation is 2. The number of hydrogen-bond acceptors (Lipinski definition) is 5. The van der Waals surface area contributed by atoms with E-state index in [1.165, 1.54) is 18.5 Å². The largest absolute Gasteiger partial charge is 0.416 e. The number of aliphatic hydroxyl groups excluding tert-OH is 1. The van der Waals surface area contributed by atoms with Gasteiger partial charge in [0.05, 0.1) is 17.7 Å². The molecule has 1 amide bonds. The number of benzene rings is 2. The van der Waals surface area contributed by atoms with Gasteiger partial charge in [0.25, 0.3) is 5.91 Å². The summed E-state index contributed by atoms with van der Waals surface area (Å²) in [5.74, 6) is -0.0155. The van der Waals surface area contributed by atoms with Crippen molar-refractivity contribution in [3.05, 3.63) is 71.9 Å². The number of fused-ring (bicyclic) bond motifs is 3. The molecule has 2 N–H and O–H groups in total. The monoisotopic (exact) mass is 483 g/mol. The van der Waals surface area contributed by atoms with Gasteiger partial charge < -0.3 is 15.0 Å². The maximum atomic E-state index is 13.0. The topological polar surface area (TPSA) is 103 Å². The number of carbonyl (C=O) groups excluding carboxylic acids is 1. The smallest absolute Gasteiger partial charge is 0.394 e. The van der Waals surface area contributed by atoms with Crippen LogP contribution in [0.3, 0.4) is 0 Å². The van der Waals surface area contributed by atoms with E-state index in [4.69, 9.17) is 0 Å². The minimum absolute atomic E-state index is 0.341. The Labute approximate surface area is 196 Å². The molecule has 0 aliphatic heterocycles. The molecule has 3 heterocycles. The van der Waals surface area contributed by atoms with E-state index in [0.29, 0.717) is 33.6 Å². The number of halogens is 3. The fourth-order valence-corrected chi connectivity index (χ4v) is 4.14. The van der Waals surface area contributed by atoms with Crippen LogP contribution in [0, 0.1) is 0 Å². The van der Waals surface area contributed by atoms with Crippen LogP contribution in [0.25, 0.3) is 27.6 Å². The van der Waals surface area contributed by atoms with Gasteiger partial charge in [-0.05, 0) is 42.5 Å². The SMILES string of the molecule is Cn1cc2c3cc(C(=O)NC(CO)c4nncn4C)ccc3n(-c3ccc(C(F)(F)F)cc3)c2n1. The molecule has 0 aliphatic carbocycles. The zero-order chi connectivity index (χ0) is 24.9. The number of nitrogens with one attached hydrogen (secondary N) is 1. The molecule has 1 atom stereocenters. The molecule has 5 rings (SSSR count). The predicted octanol–water partition coefficient (Wildman–Crippen LogP) is 3.13. The van der Waals surface area contributed by atoms with Gasteiger partial charge in [0.15, 0.2) is 11.5 Å². The lowest BCUT2D eigenvalue weighted by Crippen LogP contribution is -2.32. The quantitative estimate of drug-likeness (QED) is 0.400. The van der Waals surface area contributed by atoms with Gasteiger partial charge >= 0.3 is 6.18 Å². The van der Waals surface area contributed by atoms with E-state index in [2.05, 4.69) is 20.6 Å². The van der Waals surface area contributed by atoms with Crippen LogP contribution >= 0.6 is 0 Å². The van der Waals surface area contributed by atoms with Gasteiger partial charge in [-0.25, -0.2) is 0 Å². The summed E-state index contributed by atoms with van der Waals surface area (Å²) in [6.45, 7) is -0.363. The number of nitrogens with zero attached hydrogens (tertiary/aromatic N) is 6. The van der Waals surface area contributed by atoms with Crippen molar-refractivity contribution in [3.63, 3.8) is 0 Å². The normalized spacial score (nSPS) is 13.0. The second-order valence-electron chi connectivity index (χ2n) is 8.16. The second-order valence-corrected chi connectivity index (χ2v) is 8.16.